The summed E-state index contributed by atoms with van der Waals surface area (Å²) in [5, 5.41) is 16.2. The second-order valence-electron chi connectivity index (χ2n) is 5.85. The molecule has 31 heavy (non-hydrogen) atoms. The van der Waals surface area contributed by atoms with Gasteiger partial charge in [-0.1, -0.05) is 6.07 Å². The van der Waals surface area contributed by atoms with Gasteiger partial charge in [-0.3, -0.25) is 9.52 Å². The van der Waals surface area contributed by atoms with E-state index < -0.39 is 21.7 Å². The number of sulfonamides is 1. The van der Waals surface area contributed by atoms with E-state index in [1.165, 1.54) is 36.4 Å². The van der Waals surface area contributed by atoms with E-state index in [-0.39, 0.29) is 34.2 Å². The molecule has 160 valence electrons. The fourth-order valence-electron chi connectivity index (χ4n) is 2.29. The van der Waals surface area contributed by atoms with Crippen LogP contribution in [-0.4, -0.2) is 25.0 Å². The van der Waals surface area contributed by atoms with Crippen molar-refractivity contribution >= 4 is 22.3 Å². The predicted octanol–water partition coefficient (Wildman–Crippen LogP) is 3.83. The zero-order valence-corrected chi connectivity index (χ0v) is 16.7. The summed E-state index contributed by atoms with van der Waals surface area (Å²) in [6.45, 7) is 1.46. The number of hydrogen-bond donors (Lipinski definition) is 2. The fourth-order valence-corrected chi connectivity index (χ4v) is 3.32. The molecule has 11 heteroatoms. The lowest BCUT2D eigenvalue weighted by atomic mass is 10.2. The number of benzene rings is 2. The van der Waals surface area contributed by atoms with E-state index in [4.69, 9.17) is 14.6 Å². The smallest absolute Gasteiger partial charge is 0.290 e. The Morgan fingerprint density at radius 3 is 2.39 bits per heavy atom. The van der Waals surface area contributed by atoms with Gasteiger partial charge < -0.3 is 9.84 Å². The Morgan fingerprint density at radius 1 is 1.10 bits per heavy atom. The quantitative estimate of drug-likeness (QED) is 0.569. The van der Waals surface area contributed by atoms with Crippen molar-refractivity contribution in [2.45, 2.75) is 11.8 Å². The second-order valence-corrected chi connectivity index (χ2v) is 7.54. The highest BCUT2D eigenvalue weighted by Crippen LogP contribution is 2.30. The molecule has 0 radical (unpaired) electrons. The van der Waals surface area contributed by atoms with Crippen molar-refractivity contribution in [3.05, 3.63) is 77.5 Å². The van der Waals surface area contributed by atoms with Crippen molar-refractivity contribution in [2.75, 3.05) is 4.72 Å². The molecule has 0 amide bonds. The summed E-state index contributed by atoms with van der Waals surface area (Å²) in [6, 6.07) is 11.7. The number of rotatable bonds is 5. The van der Waals surface area contributed by atoms with Crippen LogP contribution in [0.15, 0.2) is 59.6 Å². The number of anilines is 1. The monoisotopic (exact) mass is 447 g/mol. The lowest BCUT2D eigenvalue weighted by Gasteiger charge is -2.12. The van der Waals surface area contributed by atoms with E-state index in [1.807, 2.05) is 6.07 Å². The summed E-state index contributed by atoms with van der Waals surface area (Å²) in [5.74, 6) is -0.899. The number of carboxylic acid groups (broad SMARTS) is 1. The number of nitrogens with one attached hydrogen (secondary N) is 1. The highest BCUT2D eigenvalue weighted by molar-refractivity contribution is 7.92. The molecular weight excluding hydrogens is 432 g/mol. The highest BCUT2D eigenvalue weighted by Gasteiger charge is 2.18. The lowest BCUT2D eigenvalue weighted by molar-refractivity contribution is -0.122. The summed E-state index contributed by atoms with van der Waals surface area (Å²) < 4.78 is 59.1. The molecule has 3 aromatic rings. The first-order valence-corrected chi connectivity index (χ1v) is 9.89. The molecule has 0 aliphatic heterocycles. The van der Waals surface area contributed by atoms with Crippen molar-refractivity contribution in [2.24, 2.45) is 0 Å². The van der Waals surface area contributed by atoms with E-state index in [9.17, 15) is 22.5 Å². The average molecular weight is 447 g/mol. The van der Waals surface area contributed by atoms with Gasteiger partial charge in [-0.25, -0.2) is 22.2 Å². The summed E-state index contributed by atoms with van der Waals surface area (Å²) in [6.07, 6.45) is 0.872. The number of pyridine rings is 1. The zero-order valence-electron chi connectivity index (χ0n) is 15.9. The minimum Gasteiger partial charge on any atom is -0.483 e. The standard InChI is InChI=1S/C19H13F2N3O3S.CH2O2/c1-12-2-3-14(20)9-18(12)27-17-6-5-16(8-13(17)10-22)28(25,26)24-19-7-4-15(21)11-23-19;2-1-3/h2-9,11H,1H3,(H,23,24);1H,(H,2,3). The number of hydrogen-bond acceptors (Lipinski definition) is 6. The Kier molecular flexibility index (Phi) is 7.59. The molecule has 0 atom stereocenters. The van der Waals surface area contributed by atoms with Crippen LogP contribution in [0.25, 0.3) is 0 Å². The van der Waals surface area contributed by atoms with E-state index in [2.05, 4.69) is 9.71 Å². The van der Waals surface area contributed by atoms with Gasteiger partial charge in [-0.05, 0) is 48.9 Å². The molecule has 1 heterocycles. The maximum atomic E-state index is 13.4. The van der Waals surface area contributed by atoms with Gasteiger partial charge in [0.15, 0.2) is 0 Å². The van der Waals surface area contributed by atoms with Gasteiger partial charge >= 0.3 is 0 Å². The number of halogens is 2. The molecule has 1 aromatic heterocycles. The molecule has 3 rings (SSSR count). The van der Waals surface area contributed by atoms with Crippen LogP contribution in [0.5, 0.6) is 11.5 Å². The van der Waals surface area contributed by atoms with Gasteiger partial charge in [0, 0.05) is 6.07 Å². The topological polar surface area (TPSA) is 129 Å². The van der Waals surface area contributed by atoms with Gasteiger partial charge in [0.2, 0.25) is 0 Å². The van der Waals surface area contributed by atoms with Gasteiger partial charge in [-0.2, -0.15) is 5.26 Å². The predicted molar refractivity (Wildman–Crippen MR) is 106 cm³/mol. The average Bonchev–Trinajstić information content (AvgIpc) is 2.73. The first-order chi connectivity index (χ1) is 14.7. The van der Waals surface area contributed by atoms with Crippen LogP contribution < -0.4 is 9.46 Å². The van der Waals surface area contributed by atoms with E-state index in [0.717, 1.165) is 18.3 Å². The molecule has 2 aromatic carbocycles. The van der Waals surface area contributed by atoms with Gasteiger partial charge in [-0.15, -0.1) is 0 Å². The summed E-state index contributed by atoms with van der Waals surface area (Å²) in [4.78, 5) is 11.8. The maximum absolute atomic E-state index is 13.4. The summed E-state index contributed by atoms with van der Waals surface area (Å²) in [7, 11) is -4.06. The first-order valence-electron chi connectivity index (χ1n) is 8.40. The number of aryl methyl sites for hydroxylation is 1. The van der Waals surface area contributed by atoms with E-state index in [0.29, 0.717) is 5.56 Å². The third kappa shape index (κ3) is 6.22. The van der Waals surface area contributed by atoms with E-state index in [1.54, 1.807) is 6.92 Å². The molecule has 0 fully saturated rings. The van der Waals surface area contributed by atoms with Crippen LogP contribution in [0.1, 0.15) is 11.1 Å². The molecule has 0 unspecified atom stereocenters. The van der Waals surface area contributed by atoms with Gasteiger partial charge in [0.05, 0.1) is 16.7 Å². The van der Waals surface area contributed by atoms with Crippen LogP contribution in [0, 0.1) is 29.9 Å². The Balaban J connectivity index is 0.00000107. The molecule has 8 nitrogen and oxygen atoms in total. The first kappa shape index (κ1) is 23.2. The Bertz CT molecular complexity index is 1230. The lowest BCUT2D eigenvalue weighted by Crippen LogP contribution is -2.14. The SMILES string of the molecule is Cc1ccc(F)cc1Oc1ccc(S(=O)(=O)Nc2ccc(F)cn2)cc1C#N.O=CO. The highest BCUT2D eigenvalue weighted by atomic mass is 32.2. The van der Waals surface area contributed by atoms with Crippen molar-refractivity contribution in [3.63, 3.8) is 0 Å². The second kappa shape index (κ2) is 10.1. The molecule has 0 aliphatic rings. The Morgan fingerprint density at radius 2 is 1.77 bits per heavy atom. The molecule has 0 bridgehead atoms. The van der Waals surface area contributed by atoms with Crippen LogP contribution >= 0.6 is 0 Å². The van der Waals surface area contributed by atoms with Crippen LogP contribution in [0.3, 0.4) is 0 Å². The number of nitrogens with zero attached hydrogens (tertiary/aromatic N) is 2. The van der Waals surface area contributed by atoms with Crippen LogP contribution in [0.4, 0.5) is 14.6 Å². The van der Waals surface area contributed by atoms with Crippen LogP contribution in [-0.2, 0) is 14.8 Å². The molecule has 2 N–H and O–H groups in total. The summed E-state index contributed by atoms with van der Waals surface area (Å²) in [5.41, 5.74) is 0.588. The van der Waals surface area contributed by atoms with Crippen LogP contribution in [0.2, 0.25) is 0 Å². The van der Waals surface area contributed by atoms with E-state index >= 15 is 0 Å². The Hall–Kier alpha value is -4.04. The Labute approximate surface area is 176 Å². The zero-order chi connectivity index (χ0) is 23.0. The van der Waals surface area contributed by atoms with Gasteiger partial charge in [0.25, 0.3) is 16.5 Å². The number of carbonyl (C=O) groups is 1. The molecule has 0 aliphatic carbocycles. The minimum absolute atomic E-state index is 0.0569. The number of ether oxygens (including phenoxy) is 1. The molecular formula is C20H15F2N3O5S. The van der Waals surface area contributed by atoms with Crippen molar-refractivity contribution in [3.8, 4) is 17.6 Å². The van der Waals surface area contributed by atoms with Gasteiger partial charge in [0.1, 0.15) is 35.0 Å². The fraction of sp³-hybridized carbons (Fsp3) is 0.0500. The minimum atomic E-state index is -4.06. The molecule has 0 saturated carbocycles. The van der Waals surface area contributed by atoms with Crippen molar-refractivity contribution < 1.29 is 31.8 Å². The third-order valence-corrected chi connectivity index (χ3v) is 5.07. The van der Waals surface area contributed by atoms with Crippen molar-refractivity contribution in [1.82, 2.24) is 4.98 Å². The number of aromatic nitrogens is 1. The largest absolute Gasteiger partial charge is 0.483 e. The maximum Gasteiger partial charge on any atom is 0.290 e. The number of nitriles is 1. The molecule has 0 saturated heterocycles. The molecule has 0 spiro atoms. The van der Waals surface area contributed by atoms with Crippen molar-refractivity contribution in [1.29, 1.82) is 5.26 Å². The normalized spacial score (nSPS) is 10.3. The third-order valence-electron chi connectivity index (χ3n) is 3.72. The summed E-state index contributed by atoms with van der Waals surface area (Å²) >= 11 is 0.